The fourth-order valence-corrected chi connectivity index (χ4v) is 1.26. The van der Waals surface area contributed by atoms with Gasteiger partial charge in [-0.3, -0.25) is 0 Å². The van der Waals surface area contributed by atoms with Crippen molar-refractivity contribution in [1.82, 2.24) is 5.32 Å². The van der Waals surface area contributed by atoms with Crippen LogP contribution in [0.2, 0.25) is 0 Å². The Kier molecular flexibility index (Phi) is 4.64. The molecular formula is C8H14F3NO2. The molecule has 0 amide bonds. The standard InChI is InChI=1S/C8H14F3NO2/c9-8(10,11)5-13-6-14-7-2-1-3-12-4-7/h7,12H,1-6H2. The normalized spacial score (nSPS) is 23.8. The van der Waals surface area contributed by atoms with Gasteiger partial charge in [0.05, 0.1) is 6.10 Å². The third-order valence-electron chi connectivity index (χ3n) is 1.90. The zero-order chi connectivity index (χ0) is 10.4. The quantitative estimate of drug-likeness (QED) is 0.564. The Labute approximate surface area is 80.6 Å². The molecule has 1 heterocycles. The monoisotopic (exact) mass is 213 g/mol. The van der Waals surface area contributed by atoms with Gasteiger partial charge in [-0.1, -0.05) is 0 Å². The highest BCUT2D eigenvalue weighted by molar-refractivity contribution is 4.67. The van der Waals surface area contributed by atoms with Crippen LogP contribution in [0.5, 0.6) is 0 Å². The van der Waals surface area contributed by atoms with Crippen LogP contribution >= 0.6 is 0 Å². The Morgan fingerprint density at radius 3 is 2.71 bits per heavy atom. The van der Waals surface area contributed by atoms with E-state index in [2.05, 4.69) is 10.1 Å². The first-order valence-electron chi connectivity index (χ1n) is 4.55. The molecule has 0 aromatic rings. The summed E-state index contributed by atoms with van der Waals surface area (Å²) in [4.78, 5) is 0. The largest absolute Gasteiger partial charge is 0.411 e. The number of rotatable bonds is 4. The lowest BCUT2D eigenvalue weighted by molar-refractivity contribution is -0.203. The first-order chi connectivity index (χ1) is 6.58. The summed E-state index contributed by atoms with van der Waals surface area (Å²) in [6, 6.07) is 0. The van der Waals surface area contributed by atoms with Crippen molar-refractivity contribution < 1.29 is 22.6 Å². The lowest BCUT2D eigenvalue weighted by Gasteiger charge is -2.22. The second-order valence-electron chi connectivity index (χ2n) is 3.22. The number of hydrogen-bond acceptors (Lipinski definition) is 3. The second kappa shape index (κ2) is 5.53. The zero-order valence-corrected chi connectivity index (χ0v) is 7.77. The summed E-state index contributed by atoms with van der Waals surface area (Å²) in [6.07, 6.45) is -2.42. The fraction of sp³-hybridized carbons (Fsp3) is 1.00. The molecule has 0 aromatic carbocycles. The lowest BCUT2D eigenvalue weighted by atomic mass is 10.1. The molecule has 14 heavy (non-hydrogen) atoms. The van der Waals surface area contributed by atoms with Gasteiger partial charge >= 0.3 is 6.18 Å². The van der Waals surface area contributed by atoms with Crippen LogP contribution in [0.4, 0.5) is 13.2 Å². The maximum atomic E-state index is 11.6. The van der Waals surface area contributed by atoms with Gasteiger partial charge in [0.15, 0.2) is 0 Å². The first-order valence-corrected chi connectivity index (χ1v) is 4.55. The van der Waals surface area contributed by atoms with E-state index in [9.17, 15) is 13.2 Å². The van der Waals surface area contributed by atoms with E-state index in [1.54, 1.807) is 0 Å². The maximum Gasteiger partial charge on any atom is 0.411 e. The van der Waals surface area contributed by atoms with E-state index in [-0.39, 0.29) is 12.9 Å². The third kappa shape index (κ3) is 5.41. The van der Waals surface area contributed by atoms with Crippen molar-refractivity contribution in [2.24, 2.45) is 0 Å². The highest BCUT2D eigenvalue weighted by Crippen LogP contribution is 2.14. The van der Waals surface area contributed by atoms with Gasteiger partial charge in [-0.15, -0.1) is 0 Å². The second-order valence-corrected chi connectivity index (χ2v) is 3.22. The van der Waals surface area contributed by atoms with E-state index in [1.165, 1.54) is 0 Å². The van der Waals surface area contributed by atoms with E-state index in [1.807, 2.05) is 0 Å². The van der Waals surface area contributed by atoms with E-state index >= 15 is 0 Å². The van der Waals surface area contributed by atoms with Crippen LogP contribution in [0.1, 0.15) is 12.8 Å². The fourth-order valence-electron chi connectivity index (χ4n) is 1.26. The summed E-state index contributed by atoms with van der Waals surface area (Å²) >= 11 is 0. The van der Waals surface area contributed by atoms with Crippen LogP contribution in [0, 0.1) is 0 Å². The number of alkyl halides is 3. The van der Waals surface area contributed by atoms with Gasteiger partial charge in [-0.05, 0) is 19.4 Å². The third-order valence-corrected chi connectivity index (χ3v) is 1.90. The maximum absolute atomic E-state index is 11.6. The minimum Gasteiger partial charge on any atom is -0.351 e. The van der Waals surface area contributed by atoms with E-state index < -0.39 is 12.8 Å². The first kappa shape index (κ1) is 11.7. The Balaban J connectivity index is 1.97. The molecule has 0 spiro atoms. The van der Waals surface area contributed by atoms with Crippen molar-refractivity contribution >= 4 is 0 Å². The Morgan fingerprint density at radius 1 is 1.36 bits per heavy atom. The van der Waals surface area contributed by atoms with Crippen LogP contribution in [-0.4, -0.2) is 38.8 Å². The van der Waals surface area contributed by atoms with Crippen LogP contribution in [0.15, 0.2) is 0 Å². The Morgan fingerprint density at radius 2 is 2.14 bits per heavy atom. The molecule has 1 rings (SSSR count). The predicted molar refractivity (Wildman–Crippen MR) is 43.9 cm³/mol. The summed E-state index contributed by atoms with van der Waals surface area (Å²) in [6.45, 7) is 0.109. The van der Waals surface area contributed by atoms with E-state index in [0.717, 1.165) is 19.4 Å². The minimum atomic E-state index is -4.27. The molecule has 0 radical (unpaired) electrons. The van der Waals surface area contributed by atoms with Crippen molar-refractivity contribution in [1.29, 1.82) is 0 Å². The topological polar surface area (TPSA) is 30.5 Å². The highest BCUT2D eigenvalue weighted by Gasteiger charge is 2.27. The average molecular weight is 213 g/mol. The summed E-state index contributed by atoms with van der Waals surface area (Å²) in [7, 11) is 0. The molecule has 1 fully saturated rings. The van der Waals surface area contributed by atoms with Crippen LogP contribution < -0.4 is 5.32 Å². The summed E-state index contributed by atoms with van der Waals surface area (Å²) < 4.78 is 44.3. The molecule has 1 aliphatic rings. The van der Waals surface area contributed by atoms with Crippen LogP contribution in [0.25, 0.3) is 0 Å². The van der Waals surface area contributed by atoms with E-state index in [4.69, 9.17) is 4.74 Å². The SMILES string of the molecule is FC(F)(F)COCOC1CCCNC1. The summed E-state index contributed by atoms with van der Waals surface area (Å²) in [5, 5.41) is 3.09. The molecule has 6 heteroatoms. The summed E-state index contributed by atoms with van der Waals surface area (Å²) in [5.41, 5.74) is 0. The number of ether oxygens (including phenoxy) is 2. The molecule has 1 N–H and O–H groups in total. The van der Waals surface area contributed by atoms with Gasteiger partial charge in [0.2, 0.25) is 0 Å². The van der Waals surface area contributed by atoms with E-state index in [0.29, 0.717) is 6.54 Å². The molecule has 0 aromatic heterocycles. The van der Waals surface area contributed by atoms with Crippen LogP contribution in [-0.2, 0) is 9.47 Å². The molecule has 1 unspecified atom stereocenters. The highest BCUT2D eigenvalue weighted by atomic mass is 19.4. The molecule has 0 aliphatic carbocycles. The Hall–Kier alpha value is -0.330. The van der Waals surface area contributed by atoms with Crippen molar-refractivity contribution in [2.45, 2.75) is 25.1 Å². The van der Waals surface area contributed by atoms with Gasteiger partial charge in [-0.25, -0.2) is 0 Å². The lowest BCUT2D eigenvalue weighted by Crippen LogP contribution is -2.36. The molecule has 1 saturated heterocycles. The smallest absolute Gasteiger partial charge is 0.351 e. The van der Waals surface area contributed by atoms with Crippen molar-refractivity contribution in [3.63, 3.8) is 0 Å². The molecule has 84 valence electrons. The molecular weight excluding hydrogens is 199 g/mol. The number of hydrogen-bond donors (Lipinski definition) is 1. The number of nitrogens with one attached hydrogen (secondary N) is 1. The van der Waals surface area contributed by atoms with Gasteiger partial charge in [0.1, 0.15) is 13.4 Å². The number of piperidine rings is 1. The average Bonchev–Trinajstić information content (AvgIpc) is 2.13. The van der Waals surface area contributed by atoms with Crippen molar-refractivity contribution in [3.05, 3.63) is 0 Å². The molecule has 1 aliphatic heterocycles. The molecule has 3 nitrogen and oxygen atoms in total. The minimum absolute atomic E-state index is 0.0167. The molecule has 1 atom stereocenters. The molecule has 0 bridgehead atoms. The zero-order valence-electron chi connectivity index (χ0n) is 7.77. The summed E-state index contributed by atoms with van der Waals surface area (Å²) in [5.74, 6) is 0. The van der Waals surface area contributed by atoms with Crippen molar-refractivity contribution in [3.8, 4) is 0 Å². The van der Waals surface area contributed by atoms with Crippen molar-refractivity contribution in [2.75, 3.05) is 26.5 Å². The Bertz CT molecular complexity index is 157. The number of halogens is 3. The van der Waals surface area contributed by atoms with Crippen LogP contribution in [0.3, 0.4) is 0 Å². The van der Waals surface area contributed by atoms with Gasteiger partial charge < -0.3 is 14.8 Å². The molecule has 0 saturated carbocycles. The van der Waals surface area contributed by atoms with Gasteiger partial charge in [0, 0.05) is 6.54 Å². The predicted octanol–water partition coefficient (Wildman–Crippen LogP) is 1.29. The van der Waals surface area contributed by atoms with Gasteiger partial charge in [-0.2, -0.15) is 13.2 Å². The van der Waals surface area contributed by atoms with Gasteiger partial charge in [0.25, 0.3) is 0 Å².